The number of aryl methyl sites for hydroxylation is 1. The predicted octanol–water partition coefficient (Wildman–Crippen LogP) is 5.20. The average Bonchev–Trinajstić information content (AvgIpc) is 3.27. The first-order valence-electron chi connectivity index (χ1n) is 11.3. The second-order valence-corrected chi connectivity index (χ2v) is 9.64. The molecule has 1 fully saturated rings. The lowest BCUT2D eigenvalue weighted by Crippen LogP contribution is -2.14. The van der Waals surface area contributed by atoms with Gasteiger partial charge in [0.1, 0.15) is 5.82 Å². The number of nitrogens with zero attached hydrogens (tertiary/aromatic N) is 5. The third kappa shape index (κ3) is 3.74. The lowest BCUT2D eigenvalue weighted by atomic mass is 9.97. The average molecular weight is 533 g/mol. The van der Waals surface area contributed by atoms with E-state index in [-0.39, 0.29) is 5.69 Å². The molecule has 0 spiro atoms. The number of carbonyl (C=O) groups is 1. The summed E-state index contributed by atoms with van der Waals surface area (Å²) in [5, 5.41) is 24.5. The van der Waals surface area contributed by atoms with Crippen LogP contribution in [0.3, 0.4) is 0 Å². The molecule has 1 aromatic carbocycles. The maximum absolute atomic E-state index is 12.3. The number of tetrazole rings is 1. The number of nitrogens with one attached hydrogen (secondary N) is 1. The van der Waals surface area contributed by atoms with Crippen LogP contribution in [0.5, 0.6) is 0 Å². The molecule has 3 aliphatic rings. The number of hydrogen-bond acceptors (Lipinski definition) is 6. The maximum Gasteiger partial charge on any atom is 0.354 e. The van der Waals surface area contributed by atoms with Crippen molar-refractivity contribution < 1.29 is 14.3 Å². The molecule has 0 atom stereocenters. The smallest absolute Gasteiger partial charge is 0.354 e. The van der Waals surface area contributed by atoms with E-state index in [0.717, 1.165) is 62.9 Å². The summed E-state index contributed by atoms with van der Waals surface area (Å²) < 4.78 is 8.23. The highest BCUT2D eigenvalue weighted by Gasteiger charge is 2.30. The zero-order valence-corrected chi connectivity index (χ0v) is 20.4. The SMILES string of the molecule is Cc1nc(CC2CC2)n(Cc2c3ccocc-3c(Br)c2-c2ccccc2-c2nnn[nH]2)c1C(=O)O. The van der Waals surface area contributed by atoms with Gasteiger partial charge in [-0.1, -0.05) is 24.3 Å². The molecule has 0 amide bonds. The molecule has 176 valence electrons. The highest BCUT2D eigenvalue weighted by molar-refractivity contribution is 9.10. The van der Waals surface area contributed by atoms with E-state index in [1.165, 1.54) is 0 Å². The quantitative estimate of drug-likeness (QED) is 0.295. The normalized spacial score (nSPS) is 13.5. The molecule has 3 aromatic rings. The summed E-state index contributed by atoms with van der Waals surface area (Å²) in [6, 6.07) is 9.78. The first-order chi connectivity index (χ1) is 17.0. The Kier molecular flexibility index (Phi) is 5.25. The van der Waals surface area contributed by atoms with Crippen LogP contribution in [-0.2, 0) is 13.0 Å². The fourth-order valence-corrected chi connectivity index (χ4v) is 5.55. The molecule has 0 saturated heterocycles. The Labute approximate surface area is 208 Å². The van der Waals surface area contributed by atoms with Crippen molar-refractivity contribution in [2.24, 2.45) is 5.92 Å². The summed E-state index contributed by atoms with van der Waals surface area (Å²) >= 11 is 3.81. The third-order valence-electron chi connectivity index (χ3n) is 6.58. The van der Waals surface area contributed by atoms with Crippen molar-refractivity contribution in [3.63, 3.8) is 0 Å². The van der Waals surface area contributed by atoms with E-state index in [1.807, 2.05) is 34.9 Å². The van der Waals surface area contributed by atoms with Crippen LogP contribution < -0.4 is 0 Å². The van der Waals surface area contributed by atoms with Gasteiger partial charge in [-0.3, -0.25) is 0 Å². The number of halogens is 1. The highest BCUT2D eigenvalue weighted by Crippen LogP contribution is 2.48. The van der Waals surface area contributed by atoms with Crippen molar-refractivity contribution in [3.8, 4) is 33.6 Å². The summed E-state index contributed by atoms with van der Waals surface area (Å²) in [4.78, 5) is 16.9. The zero-order valence-electron chi connectivity index (χ0n) is 18.8. The number of aromatic amines is 1. The minimum atomic E-state index is -0.975. The molecular weight excluding hydrogens is 512 g/mol. The fourth-order valence-electron chi connectivity index (χ4n) is 4.79. The maximum atomic E-state index is 12.3. The molecule has 0 bridgehead atoms. The number of H-pyrrole nitrogens is 1. The zero-order chi connectivity index (χ0) is 24.1. The van der Waals surface area contributed by atoms with Crippen molar-refractivity contribution in [3.05, 3.63) is 70.1 Å². The van der Waals surface area contributed by atoms with Crippen molar-refractivity contribution >= 4 is 21.9 Å². The molecule has 0 radical (unpaired) electrons. The molecular formula is C25H21BrN6O3. The first-order valence-corrected chi connectivity index (χ1v) is 12.1. The Morgan fingerprint density at radius 3 is 2.71 bits per heavy atom. The van der Waals surface area contributed by atoms with Crippen LogP contribution in [0.25, 0.3) is 33.6 Å². The molecule has 2 N–H and O–H groups in total. The number of benzene rings is 1. The van der Waals surface area contributed by atoms with E-state index in [1.54, 1.807) is 19.5 Å². The van der Waals surface area contributed by atoms with Crippen LogP contribution in [0.4, 0.5) is 0 Å². The predicted molar refractivity (Wildman–Crippen MR) is 131 cm³/mol. The van der Waals surface area contributed by atoms with Crippen LogP contribution >= 0.6 is 15.9 Å². The van der Waals surface area contributed by atoms with Gasteiger partial charge in [-0.15, -0.1) is 5.10 Å². The Morgan fingerprint density at radius 1 is 1.20 bits per heavy atom. The van der Waals surface area contributed by atoms with Gasteiger partial charge < -0.3 is 14.1 Å². The third-order valence-corrected chi connectivity index (χ3v) is 7.40. The Bertz CT molecular complexity index is 1520. The van der Waals surface area contributed by atoms with Crippen LogP contribution in [0, 0.1) is 12.8 Å². The monoisotopic (exact) mass is 532 g/mol. The molecule has 2 aliphatic carbocycles. The van der Waals surface area contributed by atoms with E-state index >= 15 is 0 Å². The van der Waals surface area contributed by atoms with Gasteiger partial charge in [-0.05, 0) is 74.8 Å². The number of aromatic nitrogens is 6. The van der Waals surface area contributed by atoms with Crippen LogP contribution in [0.1, 0.15) is 40.4 Å². The molecule has 1 saturated carbocycles. The Morgan fingerprint density at radius 2 is 2.00 bits per heavy atom. The van der Waals surface area contributed by atoms with E-state index < -0.39 is 5.97 Å². The fraction of sp³-hybridized carbons (Fsp3) is 0.240. The van der Waals surface area contributed by atoms with E-state index in [9.17, 15) is 9.90 Å². The van der Waals surface area contributed by atoms with Crippen molar-refractivity contribution in [2.45, 2.75) is 32.7 Å². The van der Waals surface area contributed by atoms with Gasteiger partial charge in [-0.2, -0.15) is 0 Å². The molecule has 35 heavy (non-hydrogen) atoms. The van der Waals surface area contributed by atoms with Gasteiger partial charge in [0.15, 0.2) is 11.5 Å². The van der Waals surface area contributed by atoms with Crippen molar-refractivity contribution in [1.82, 2.24) is 30.2 Å². The highest BCUT2D eigenvalue weighted by atomic mass is 79.9. The Hall–Kier alpha value is -3.79. The summed E-state index contributed by atoms with van der Waals surface area (Å²) in [7, 11) is 0. The summed E-state index contributed by atoms with van der Waals surface area (Å²) in [6.45, 7) is 2.12. The molecule has 3 heterocycles. The number of carboxylic acids is 1. The topological polar surface area (TPSA) is 123 Å². The summed E-state index contributed by atoms with van der Waals surface area (Å²) in [5.74, 6) is 0.953. The second kappa shape index (κ2) is 8.46. The van der Waals surface area contributed by atoms with Crippen molar-refractivity contribution in [1.29, 1.82) is 0 Å². The van der Waals surface area contributed by atoms with Gasteiger partial charge >= 0.3 is 5.97 Å². The summed E-state index contributed by atoms with van der Waals surface area (Å²) in [5.41, 5.74) is 6.31. The van der Waals surface area contributed by atoms with Gasteiger partial charge in [-0.25, -0.2) is 14.9 Å². The molecule has 0 unspecified atom stereocenters. The summed E-state index contributed by atoms with van der Waals surface area (Å²) in [6.07, 6.45) is 6.43. The van der Waals surface area contributed by atoms with Crippen LogP contribution in [0.2, 0.25) is 0 Å². The standard InChI is InChI=1S/C25H21BrN6O3/c1-13-23(25(33)34)32(20(27-13)10-14-6-7-14)11-18-15-8-9-35-12-19(15)22(26)21(18)16-4-2-3-5-17(16)24-28-30-31-29-24/h2-5,8-9,12,14H,6-7,10-11H2,1H3,(H,33,34)(H,28,29,30,31). The van der Waals surface area contributed by atoms with Gasteiger partial charge in [0.2, 0.25) is 0 Å². The minimum absolute atomic E-state index is 0.227. The Balaban J connectivity index is 1.59. The number of hydrogen-bond donors (Lipinski definition) is 2. The number of fused-ring (bicyclic) bond motifs is 1. The molecule has 2 aromatic heterocycles. The lowest BCUT2D eigenvalue weighted by molar-refractivity contribution is 0.0684. The van der Waals surface area contributed by atoms with E-state index in [4.69, 9.17) is 4.42 Å². The lowest BCUT2D eigenvalue weighted by Gasteiger charge is -2.15. The van der Waals surface area contributed by atoms with Crippen molar-refractivity contribution in [2.75, 3.05) is 0 Å². The molecule has 6 rings (SSSR count). The van der Waals surface area contributed by atoms with Gasteiger partial charge in [0.25, 0.3) is 0 Å². The largest absolute Gasteiger partial charge is 0.477 e. The molecule has 10 heteroatoms. The molecule has 1 aliphatic heterocycles. The molecule has 9 nitrogen and oxygen atoms in total. The number of carboxylic acid groups (broad SMARTS) is 1. The second-order valence-electron chi connectivity index (χ2n) is 8.85. The van der Waals surface area contributed by atoms with Crippen LogP contribution in [0.15, 0.2) is 51.7 Å². The van der Waals surface area contributed by atoms with E-state index in [2.05, 4.69) is 41.5 Å². The number of imidazole rings is 1. The minimum Gasteiger partial charge on any atom is -0.477 e. The van der Waals surface area contributed by atoms with Gasteiger partial charge in [0, 0.05) is 27.6 Å². The van der Waals surface area contributed by atoms with Crippen LogP contribution in [-0.4, -0.2) is 41.3 Å². The van der Waals surface area contributed by atoms with E-state index in [0.29, 0.717) is 24.0 Å². The first kappa shape index (κ1) is 21.7. The number of aromatic carboxylic acids is 1. The number of rotatable bonds is 7. The van der Waals surface area contributed by atoms with Gasteiger partial charge in [0.05, 0.1) is 24.8 Å².